The second kappa shape index (κ2) is 6.70. The number of nitrogens with one attached hydrogen (secondary N) is 1. The van der Waals surface area contributed by atoms with Crippen molar-refractivity contribution in [3.63, 3.8) is 0 Å². The van der Waals surface area contributed by atoms with Gasteiger partial charge in [0.2, 0.25) is 0 Å². The van der Waals surface area contributed by atoms with E-state index in [1.165, 1.54) is 63.0 Å². The lowest BCUT2D eigenvalue weighted by Crippen LogP contribution is -2.34. The number of fused-ring (bicyclic) bond motifs is 1. The molecule has 1 atom stereocenters. The van der Waals surface area contributed by atoms with Gasteiger partial charge in [-0.1, -0.05) is 51.9 Å². The predicted molar refractivity (Wildman–Crippen MR) is 80.6 cm³/mol. The third-order valence-corrected chi connectivity index (χ3v) is 4.92. The van der Waals surface area contributed by atoms with Crippen LogP contribution < -0.4 is 5.32 Å². The molecule has 4 nitrogen and oxygen atoms in total. The third kappa shape index (κ3) is 3.05. The first kappa shape index (κ1) is 14.1. The Hall–Kier alpha value is -0.900. The lowest BCUT2D eigenvalue weighted by atomic mass is 9.96. The molecule has 0 radical (unpaired) electrons. The molecule has 1 aromatic heterocycles. The van der Waals surface area contributed by atoms with Crippen molar-refractivity contribution in [2.45, 2.75) is 77.3 Å². The summed E-state index contributed by atoms with van der Waals surface area (Å²) in [5, 5.41) is 12.6. The van der Waals surface area contributed by atoms with Crippen molar-refractivity contribution in [3.8, 4) is 0 Å². The van der Waals surface area contributed by atoms with Gasteiger partial charge in [-0.05, 0) is 12.3 Å². The van der Waals surface area contributed by atoms with Gasteiger partial charge in [-0.3, -0.25) is 0 Å². The highest BCUT2D eigenvalue weighted by molar-refractivity contribution is 5.05. The van der Waals surface area contributed by atoms with Crippen LogP contribution in [0.3, 0.4) is 0 Å². The first-order valence-electron chi connectivity index (χ1n) is 8.54. The molecule has 20 heavy (non-hydrogen) atoms. The van der Waals surface area contributed by atoms with Crippen molar-refractivity contribution < 1.29 is 0 Å². The van der Waals surface area contributed by atoms with Crippen LogP contribution in [0.1, 0.15) is 76.0 Å². The number of hydrogen-bond donors (Lipinski definition) is 1. The third-order valence-electron chi connectivity index (χ3n) is 4.92. The zero-order valence-corrected chi connectivity index (χ0v) is 12.8. The zero-order chi connectivity index (χ0) is 13.8. The highest BCUT2D eigenvalue weighted by Crippen LogP contribution is 2.27. The Balaban J connectivity index is 1.71. The molecular formula is C16H28N4. The highest BCUT2D eigenvalue weighted by Gasteiger charge is 2.25. The van der Waals surface area contributed by atoms with Gasteiger partial charge in [0.25, 0.3) is 0 Å². The molecule has 2 aliphatic rings. The molecule has 0 saturated heterocycles. The molecule has 0 aromatic carbocycles. The Kier molecular flexibility index (Phi) is 4.71. The Morgan fingerprint density at radius 3 is 2.70 bits per heavy atom. The van der Waals surface area contributed by atoms with Crippen molar-refractivity contribution in [1.82, 2.24) is 20.1 Å². The van der Waals surface area contributed by atoms with Gasteiger partial charge < -0.3 is 9.88 Å². The van der Waals surface area contributed by atoms with Crippen LogP contribution in [0.2, 0.25) is 0 Å². The van der Waals surface area contributed by atoms with E-state index in [0.29, 0.717) is 6.04 Å². The fourth-order valence-electron chi connectivity index (χ4n) is 3.79. The first-order valence-corrected chi connectivity index (χ1v) is 8.54. The van der Waals surface area contributed by atoms with Crippen LogP contribution in [0, 0.1) is 5.92 Å². The lowest BCUT2D eigenvalue weighted by Gasteiger charge is -2.25. The van der Waals surface area contributed by atoms with Crippen molar-refractivity contribution in [2.75, 3.05) is 6.54 Å². The molecule has 3 rings (SSSR count). The molecule has 0 bridgehead atoms. The van der Waals surface area contributed by atoms with E-state index in [4.69, 9.17) is 0 Å². The molecule has 2 heterocycles. The largest absolute Gasteiger partial charge is 0.312 e. The number of aromatic nitrogens is 3. The van der Waals surface area contributed by atoms with Crippen LogP contribution in [-0.4, -0.2) is 21.3 Å². The summed E-state index contributed by atoms with van der Waals surface area (Å²) in [5.41, 5.74) is 0. The highest BCUT2D eigenvalue weighted by atomic mass is 15.3. The predicted octanol–water partition coefficient (Wildman–Crippen LogP) is 3.24. The number of hydrogen-bond acceptors (Lipinski definition) is 3. The second-order valence-corrected chi connectivity index (χ2v) is 6.48. The average molecular weight is 276 g/mol. The minimum Gasteiger partial charge on any atom is -0.312 e. The minimum atomic E-state index is 0.420. The normalized spacial score (nSPS) is 24.4. The molecular weight excluding hydrogens is 248 g/mol. The second-order valence-electron chi connectivity index (χ2n) is 6.48. The summed E-state index contributed by atoms with van der Waals surface area (Å²) in [6.07, 6.45) is 12.0. The van der Waals surface area contributed by atoms with Gasteiger partial charge in [0.05, 0.1) is 6.04 Å². The van der Waals surface area contributed by atoms with Crippen molar-refractivity contribution in [1.29, 1.82) is 0 Å². The zero-order valence-electron chi connectivity index (χ0n) is 12.8. The molecule has 1 aliphatic heterocycles. The van der Waals surface area contributed by atoms with Crippen molar-refractivity contribution in [3.05, 3.63) is 11.6 Å². The number of rotatable bonds is 4. The minimum absolute atomic E-state index is 0.420. The molecule has 112 valence electrons. The van der Waals surface area contributed by atoms with Crippen LogP contribution in [0.15, 0.2) is 0 Å². The summed E-state index contributed by atoms with van der Waals surface area (Å²) >= 11 is 0. The van der Waals surface area contributed by atoms with Gasteiger partial charge in [0.1, 0.15) is 11.6 Å². The van der Waals surface area contributed by atoms with Gasteiger partial charge in [-0.25, -0.2) is 0 Å². The molecule has 1 saturated carbocycles. The van der Waals surface area contributed by atoms with Crippen molar-refractivity contribution >= 4 is 0 Å². The average Bonchev–Trinajstić information content (AvgIpc) is 2.70. The van der Waals surface area contributed by atoms with Crippen LogP contribution in [-0.2, 0) is 13.0 Å². The Morgan fingerprint density at radius 1 is 1.15 bits per heavy atom. The standard InChI is InChI=1S/C16H28N4/c1-2-7-14-16-19-18-15(20(16)11-10-17-14)12-13-8-5-3-4-6-9-13/h13-14,17H,2-12H2,1H3. The Bertz CT molecular complexity index is 418. The van der Waals surface area contributed by atoms with E-state index in [1.807, 2.05) is 0 Å². The Morgan fingerprint density at radius 2 is 1.95 bits per heavy atom. The quantitative estimate of drug-likeness (QED) is 0.859. The summed E-state index contributed by atoms with van der Waals surface area (Å²) in [6, 6.07) is 0.420. The van der Waals surface area contributed by atoms with Crippen LogP contribution in [0.5, 0.6) is 0 Å². The van der Waals surface area contributed by atoms with E-state index in [2.05, 4.69) is 27.0 Å². The van der Waals surface area contributed by atoms with Crippen LogP contribution in [0.25, 0.3) is 0 Å². The molecule has 0 spiro atoms. The fourth-order valence-corrected chi connectivity index (χ4v) is 3.79. The summed E-state index contributed by atoms with van der Waals surface area (Å²) in [4.78, 5) is 0. The molecule has 1 N–H and O–H groups in total. The van der Waals surface area contributed by atoms with Gasteiger partial charge in [0.15, 0.2) is 0 Å². The molecule has 4 heteroatoms. The SMILES string of the molecule is CCCC1NCCn2c(CC3CCCCCC3)nnc21. The first-order chi connectivity index (χ1) is 9.88. The van der Waals surface area contributed by atoms with E-state index in [9.17, 15) is 0 Å². The van der Waals surface area contributed by atoms with Gasteiger partial charge in [-0.2, -0.15) is 0 Å². The summed E-state index contributed by atoms with van der Waals surface area (Å²) in [6.45, 7) is 4.35. The maximum Gasteiger partial charge on any atom is 0.150 e. The van der Waals surface area contributed by atoms with E-state index >= 15 is 0 Å². The monoisotopic (exact) mass is 276 g/mol. The van der Waals surface area contributed by atoms with Gasteiger partial charge in [-0.15, -0.1) is 10.2 Å². The maximum atomic E-state index is 4.53. The van der Waals surface area contributed by atoms with Crippen molar-refractivity contribution in [2.24, 2.45) is 5.92 Å². The van der Waals surface area contributed by atoms with Gasteiger partial charge >= 0.3 is 0 Å². The van der Waals surface area contributed by atoms with E-state index in [-0.39, 0.29) is 0 Å². The van der Waals surface area contributed by atoms with Crippen LogP contribution >= 0.6 is 0 Å². The Labute approximate surface area is 122 Å². The lowest BCUT2D eigenvalue weighted by molar-refractivity contribution is 0.377. The fraction of sp³-hybridized carbons (Fsp3) is 0.875. The summed E-state index contributed by atoms with van der Waals surface area (Å²) < 4.78 is 2.40. The molecule has 1 aromatic rings. The maximum absolute atomic E-state index is 4.53. The number of nitrogens with zero attached hydrogens (tertiary/aromatic N) is 3. The van der Waals surface area contributed by atoms with Gasteiger partial charge in [0, 0.05) is 19.5 Å². The molecule has 1 fully saturated rings. The smallest absolute Gasteiger partial charge is 0.150 e. The molecule has 0 amide bonds. The van der Waals surface area contributed by atoms with Crippen LogP contribution in [0.4, 0.5) is 0 Å². The summed E-state index contributed by atoms with van der Waals surface area (Å²) in [7, 11) is 0. The summed E-state index contributed by atoms with van der Waals surface area (Å²) in [5.74, 6) is 3.27. The molecule has 1 unspecified atom stereocenters. The van der Waals surface area contributed by atoms with E-state index in [0.717, 1.165) is 25.4 Å². The van der Waals surface area contributed by atoms with E-state index < -0.39 is 0 Å². The topological polar surface area (TPSA) is 42.7 Å². The van der Waals surface area contributed by atoms with E-state index in [1.54, 1.807) is 0 Å². The molecule has 1 aliphatic carbocycles.